The standard InChI is InChI=1S/C5H6BNO4/c1-2-11-5(9)3(7-10)4(6)8/h3H,2H2,1H3. The number of carbonyl (C=O) groups excluding carboxylic acids is 2. The second kappa shape index (κ2) is 4.59. The van der Waals surface area contributed by atoms with Gasteiger partial charge in [-0.15, -0.1) is 4.91 Å². The van der Waals surface area contributed by atoms with Gasteiger partial charge in [0, 0.05) is 0 Å². The van der Waals surface area contributed by atoms with Crippen LogP contribution in [-0.4, -0.2) is 32.1 Å². The van der Waals surface area contributed by atoms with Crippen molar-refractivity contribution in [3.05, 3.63) is 4.91 Å². The van der Waals surface area contributed by atoms with E-state index in [0.29, 0.717) is 0 Å². The van der Waals surface area contributed by atoms with E-state index in [0.717, 1.165) is 0 Å². The van der Waals surface area contributed by atoms with Crippen LogP contribution in [0.5, 0.6) is 0 Å². The topological polar surface area (TPSA) is 72.8 Å². The lowest BCUT2D eigenvalue weighted by Gasteiger charge is -2.03. The number of hydrogen-bond donors (Lipinski definition) is 0. The molecular weight excluding hydrogens is 149 g/mol. The molecule has 0 amide bonds. The largest absolute Gasteiger partial charge is 0.464 e. The summed E-state index contributed by atoms with van der Waals surface area (Å²) >= 11 is 0. The van der Waals surface area contributed by atoms with Crippen molar-refractivity contribution in [2.24, 2.45) is 5.18 Å². The summed E-state index contributed by atoms with van der Waals surface area (Å²) in [6.07, 6.45) is 0. The summed E-state index contributed by atoms with van der Waals surface area (Å²) in [5.74, 6) is -1.00. The molecule has 0 rings (SSSR count). The van der Waals surface area contributed by atoms with Gasteiger partial charge in [0.15, 0.2) is 7.85 Å². The number of nitroso groups, excluding NO2 is 1. The van der Waals surface area contributed by atoms with Crippen molar-refractivity contribution >= 4 is 19.5 Å². The lowest BCUT2D eigenvalue weighted by molar-refractivity contribution is -0.146. The van der Waals surface area contributed by atoms with E-state index in [1.807, 2.05) is 0 Å². The predicted molar refractivity (Wildman–Crippen MR) is 37.0 cm³/mol. The van der Waals surface area contributed by atoms with Crippen LogP contribution in [0.3, 0.4) is 0 Å². The summed E-state index contributed by atoms with van der Waals surface area (Å²) in [6, 6.07) is -1.71. The van der Waals surface area contributed by atoms with Gasteiger partial charge in [-0.2, -0.15) is 0 Å². The maximum Gasteiger partial charge on any atom is 0.341 e. The molecule has 0 saturated carbocycles. The van der Waals surface area contributed by atoms with Crippen molar-refractivity contribution in [2.45, 2.75) is 13.0 Å². The molecule has 0 heterocycles. The quantitative estimate of drug-likeness (QED) is 0.234. The van der Waals surface area contributed by atoms with Gasteiger partial charge in [-0.1, -0.05) is 0 Å². The number of carbonyl (C=O) groups is 2. The normalized spacial score (nSPS) is 11.7. The van der Waals surface area contributed by atoms with E-state index in [1.54, 1.807) is 6.92 Å². The zero-order valence-corrected chi connectivity index (χ0v) is 5.94. The molecule has 0 aliphatic rings. The van der Waals surface area contributed by atoms with Crippen molar-refractivity contribution in [3.8, 4) is 0 Å². The first kappa shape index (κ1) is 9.80. The van der Waals surface area contributed by atoms with Gasteiger partial charge in [-0.25, -0.2) is 4.79 Å². The fourth-order valence-electron chi connectivity index (χ4n) is 0.432. The Morgan fingerprint density at radius 1 is 1.64 bits per heavy atom. The summed E-state index contributed by atoms with van der Waals surface area (Å²) in [5, 5.41) is 2.21. The Balaban J connectivity index is 4.14. The molecule has 2 radical (unpaired) electrons. The van der Waals surface area contributed by atoms with Crippen LogP contribution in [0.15, 0.2) is 5.18 Å². The Bertz CT molecular complexity index is 181. The first-order valence-corrected chi connectivity index (χ1v) is 2.91. The Labute approximate surface area is 64.5 Å². The van der Waals surface area contributed by atoms with Gasteiger partial charge in [-0.3, -0.25) is 0 Å². The summed E-state index contributed by atoms with van der Waals surface area (Å²) in [5.41, 5.74) is -1.10. The second-order valence-corrected chi connectivity index (χ2v) is 1.66. The van der Waals surface area contributed by atoms with Crippen LogP contribution in [-0.2, 0) is 14.3 Å². The van der Waals surface area contributed by atoms with Gasteiger partial charge in [0.05, 0.1) is 6.61 Å². The van der Waals surface area contributed by atoms with Gasteiger partial charge in [0.2, 0.25) is 6.04 Å². The molecule has 11 heavy (non-hydrogen) atoms. The van der Waals surface area contributed by atoms with Crippen LogP contribution >= 0.6 is 0 Å². The summed E-state index contributed by atoms with van der Waals surface area (Å²) in [4.78, 5) is 30.7. The molecule has 5 nitrogen and oxygen atoms in total. The molecule has 0 aromatic heterocycles. The van der Waals surface area contributed by atoms with E-state index in [4.69, 9.17) is 0 Å². The number of esters is 1. The third-order valence-corrected chi connectivity index (χ3v) is 0.885. The van der Waals surface area contributed by atoms with Gasteiger partial charge in [0.1, 0.15) is 5.68 Å². The molecule has 1 unspecified atom stereocenters. The van der Waals surface area contributed by atoms with Crippen molar-refractivity contribution < 1.29 is 14.3 Å². The van der Waals surface area contributed by atoms with Gasteiger partial charge < -0.3 is 9.53 Å². The highest BCUT2D eigenvalue weighted by Crippen LogP contribution is 1.94. The smallest absolute Gasteiger partial charge is 0.341 e. The van der Waals surface area contributed by atoms with E-state index in [-0.39, 0.29) is 6.61 Å². The van der Waals surface area contributed by atoms with E-state index >= 15 is 0 Å². The third-order valence-electron chi connectivity index (χ3n) is 0.885. The first-order chi connectivity index (χ1) is 5.13. The number of ether oxygens (including phenoxy) is 1. The molecule has 1 atom stereocenters. The van der Waals surface area contributed by atoms with E-state index in [1.165, 1.54) is 0 Å². The average molecular weight is 155 g/mol. The molecule has 58 valence electrons. The van der Waals surface area contributed by atoms with Crippen molar-refractivity contribution in [3.63, 3.8) is 0 Å². The number of nitrogens with zero attached hydrogens (tertiary/aromatic N) is 1. The third kappa shape index (κ3) is 2.93. The maximum atomic E-state index is 10.6. The van der Waals surface area contributed by atoms with Crippen LogP contribution in [0.1, 0.15) is 6.92 Å². The summed E-state index contributed by atoms with van der Waals surface area (Å²) in [7, 11) is 4.64. The highest BCUT2D eigenvalue weighted by atomic mass is 16.5. The highest BCUT2D eigenvalue weighted by Gasteiger charge is 2.24. The van der Waals surface area contributed by atoms with E-state index in [9.17, 15) is 14.5 Å². The van der Waals surface area contributed by atoms with Crippen molar-refractivity contribution in [1.29, 1.82) is 0 Å². The first-order valence-electron chi connectivity index (χ1n) is 2.91. The zero-order chi connectivity index (χ0) is 8.85. The van der Waals surface area contributed by atoms with E-state index in [2.05, 4.69) is 17.8 Å². The van der Waals surface area contributed by atoms with Gasteiger partial charge in [0.25, 0.3) is 0 Å². The Kier molecular flexibility index (Phi) is 4.10. The van der Waals surface area contributed by atoms with Crippen LogP contribution in [0.2, 0.25) is 0 Å². The minimum atomic E-state index is -1.71. The number of hydrogen-bond acceptors (Lipinski definition) is 5. The van der Waals surface area contributed by atoms with Gasteiger partial charge in [-0.05, 0) is 12.1 Å². The van der Waals surface area contributed by atoms with Gasteiger partial charge >= 0.3 is 5.97 Å². The number of rotatable bonds is 4. The molecule has 6 heteroatoms. The summed E-state index contributed by atoms with van der Waals surface area (Å²) < 4.78 is 4.32. The van der Waals surface area contributed by atoms with E-state index < -0.39 is 17.7 Å². The molecule has 0 saturated heterocycles. The molecule has 0 aliphatic heterocycles. The highest BCUT2D eigenvalue weighted by molar-refractivity contribution is 6.61. The Morgan fingerprint density at radius 3 is 2.45 bits per heavy atom. The lowest BCUT2D eigenvalue weighted by atomic mass is 9.96. The molecule has 0 aromatic carbocycles. The van der Waals surface area contributed by atoms with Crippen LogP contribution in [0.25, 0.3) is 0 Å². The Hall–Kier alpha value is -1.20. The maximum absolute atomic E-state index is 10.6. The van der Waals surface area contributed by atoms with Crippen LogP contribution < -0.4 is 0 Å². The average Bonchev–Trinajstić information content (AvgIpc) is 1.88. The minimum absolute atomic E-state index is 0.0815. The van der Waals surface area contributed by atoms with Crippen LogP contribution in [0, 0.1) is 4.91 Å². The molecule has 0 fully saturated rings. The van der Waals surface area contributed by atoms with Crippen LogP contribution in [0.4, 0.5) is 0 Å². The second-order valence-electron chi connectivity index (χ2n) is 1.66. The predicted octanol–water partition coefficient (Wildman–Crippen LogP) is -0.620. The Morgan fingerprint density at radius 2 is 2.18 bits per heavy atom. The lowest BCUT2D eigenvalue weighted by Crippen LogP contribution is -2.29. The monoisotopic (exact) mass is 155 g/mol. The fourth-order valence-corrected chi connectivity index (χ4v) is 0.432. The fraction of sp³-hybridized carbons (Fsp3) is 0.600. The molecule has 0 aliphatic carbocycles. The SMILES string of the molecule is [B]C(=O)C(N=O)C(=O)OCC. The summed E-state index contributed by atoms with van der Waals surface area (Å²) in [6.45, 7) is 1.62. The zero-order valence-electron chi connectivity index (χ0n) is 5.94. The molecule has 0 aromatic rings. The minimum Gasteiger partial charge on any atom is -0.464 e. The molecular formula is C5H6BNO4. The molecule has 0 N–H and O–H groups in total. The van der Waals surface area contributed by atoms with Crippen molar-refractivity contribution in [2.75, 3.05) is 6.61 Å². The molecule has 0 bridgehead atoms. The van der Waals surface area contributed by atoms with Crippen molar-refractivity contribution in [1.82, 2.24) is 0 Å². The molecule has 0 spiro atoms.